The van der Waals surface area contributed by atoms with Crippen LogP contribution >= 0.6 is 58.3 Å². The predicted molar refractivity (Wildman–Crippen MR) is 73.6 cm³/mol. The van der Waals surface area contributed by atoms with Gasteiger partial charge in [-0.25, -0.2) is 0 Å². The van der Waals surface area contributed by atoms with Crippen LogP contribution < -0.4 is 0 Å². The van der Waals surface area contributed by atoms with Crippen LogP contribution in [0.15, 0.2) is 27.3 Å². The van der Waals surface area contributed by atoms with E-state index >= 15 is 0 Å². The van der Waals surface area contributed by atoms with Crippen LogP contribution in [-0.4, -0.2) is 6.26 Å². The average Bonchev–Trinajstić information content (AvgIpc) is 2.56. The molecule has 0 radical (unpaired) electrons. The van der Waals surface area contributed by atoms with Crippen molar-refractivity contribution in [2.75, 3.05) is 6.26 Å². The summed E-state index contributed by atoms with van der Waals surface area (Å²) in [5, 5.41) is 1.34. The van der Waals surface area contributed by atoms with Crippen LogP contribution in [0.5, 0.6) is 0 Å². The first-order chi connectivity index (χ1) is 6.22. The molecule has 0 aliphatic heterocycles. The first-order valence-electron chi connectivity index (χ1n) is 3.67. The van der Waals surface area contributed by atoms with E-state index < -0.39 is 0 Å². The molecule has 0 nitrogen and oxygen atoms in total. The van der Waals surface area contributed by atoms with Crippen molar-refractivity contribution in [3.05, 3.63) is 21.8 Å². The zero-order valence-corrected chi connectivity index (χ0v) is 11.6. The number of thioether (sulfide) groups is 1. The third-order valence-electron chi connectivity index (χ3n) is 1.79. The lowest BCUT2D eigenvalue weighted by atomic mass is 10.3. The first kappa shape index (κ1) is 10.1. The second-order valence-corrected chi connectivity index (χ2v) is 6.38. The summed E-state index contributed by atoms with van der Waals surface area (Å²) in [6.07, 6.45) is 2.11. The van der Waals surface area contributed by atoms with Crippen LogP contribution in [0.25, 0.3) is 10.1 Å². The fourth-order valence-corrected chi connectivity index (χ4v) is 3.92. The normalized spacial score (nSPS) is 11.0. The molecule has 0 saturated heterocycles. The topological polar surface area (TPSA) is 0 Å². The van der Waals surface area contributed by atoms with Crippen LogP contribution in [-0.2, 0) is 0 Å². The molecule has 0 N–H and O–H groups in total. The average molecular weight is 338 g/mol. The van der Waals surface area contributed by atoms with Gasteiger partial charge in [0.25, 0.3) is 0 Å². The Morgan fingerprint density at radius 1 is 1.46 bits per heavy atom. The lowest BCUT2D eigenvalue weighted by molar-refractivity contribution is 1.58. The maximum atomic E-state index is 4.45. The maximum absolute atomic E-state index is 4.45. The summed E-state index contributed by atoms with van der Waals surface area (Å²) < 4.78 is 3.97. The predicted octanol–water partition coefficient (Wildman–Crippen LogP) is 4.52. The number of hydrogen-bond acceptors (Lipinski definition) is 3. The maximum Gasteiger partial charge on any atom is 0.0609 e. The van der Waals surface area contributed by atoms with Gasteiger partial charge in [0.05, 0.1) is 4.21 Å². The van der Waals surface area contributed by atoms with E-state index in [1.807, 2.05) is 11.3 Å². The Kier molecular flexibility index (Phi) is 3.12. The molecule has 2 rings (SSSR count). The van der Waals surface area contributed by atoms with Crippen molar-refractivity contribution in [2.45, 2.75) is 9.10 Å². The van der Waals surface area contributed by atoms with Crippen LogP contribution in [0.4, 0.5) is 0 Å². The minimum Gasteiger partial charge on any atom is -0.142 e. The molecule has 0 spiro atoms. The molecular weight excluding hydrogens is 331 g/mol. The number of hydrogen-bond donors (Lipinski definition) is 1. The molecule has 4 heteroatoms. The van der Waals surface area contributed by atoms with E-state index in [-0.39, 0.29) is 0 Å². The van der Waals surface area contributed by atoms with Gasteiger partial charge in [-0.15, -0.1) is 35.7 Å². The highest BCUT2D eigenvalue weighted by Gasteiger charge is 2.06. The molecule has 2 aromatic rings. The Morgan fingerprint density at radius 3 is 2.85 bits per heavy atom. The second kappa shape index (κ2) is 4.00. The van der Waals surface area contributed by atoms with Gasteiger partial charge in [-0.05, 0) is 47.0 Å². The molecule has 0 aliphatic rings. The summed E-state index contributed by atoms with van der Waals surface area (Å²) in [7, 11) is 0. The van der Waals surface area contributed by atoms with Crippen molar-refractivity contribution in [3.8, 4) is 0 Å². The van der Waals surface area contributed by atoms with Gasteiger partial charge >= 0.3 is 0 Å². The van der Waals surface area contributed by atoms with Crippen molar-refractivity contribution in [2.24, 2.45) is 0 Å². The van der Waals surface area contributed by atoms with Gasteiger partial charge in [0.15, 0.2) is 0 Å². The summed E-state index contributed by atoms with van der Waals surface area (Å²) in [5.74, 6) is 0. The second-order valence-electron chi connectivity index (χ2n) is 2.58. The zero-order valence-electron chi connectivity index (χ0n) is 6.87. The SMILES string of the molecule is CSc1cc2c(I)ccc(S)c2s1. The van der Waals surface area contributed by atoms with E-state index in [4.69, 9.17) is 0 Å². The highest BCUT2D eigenvalue weighted by atomic mass is 127. The molecule has 1 aromatic heterocycles. The third-order valence-corrected chi connectivity index (χ3v) is 5.49. The lowest BCUT2D eigenvalue weighted by Crippen LogP contribution is -1.72. The first-order valence-corrected chi connectivity index (χ1v) is 7.24. The summed E-state index contributed by atoms with van der Waals surface area (Å²) in [6, 6.07) is 6.42. The van der Waals surface area contributed by atoms with Crippen LogP contribution in [0.1, 0.15) is 0 Å². The van der Waals surface area contributed by atoms with Gasteiger partial charge in [0, 0.05) is 18.6 Å². The van der Waals surface area contributed by atoms with Gasteiger partial charge in [-0.2, -0.15) is 0 Å². The summed E-state index contributed by atoms with van der Waals surface area (Å²) in [4.78, 5) is 1.08. The number of halogens is 1. The fraction of sp³-hybridized carbons (Fsp3) is 0.111. The largest absolute Gasteiger partial charge is 0.142 e. The fourth-order valence-electron chi connectivity index (χ4n) is 1.15. The van der Waals surface area contributed by atoms with Crippen molar-refractivity contribution in [1.29, 1.82) is 0 Å². The molecule has 0 unspecified atom stereocenters. The van der Waals surface area contributed by atoms with Gasteiger partial charge in [-0.3, -0.25) is 0 Å². The van der Waals surface area contributed by atoms with Crippen molar-refractivity contribution in [3.63, 3.8) is 0 Å². The van der Waals surface area contributed by atoms with E-state index in [0.29, 0.717) is 0 Å². The van der Waals surface area contributed by atoms with Crippen molar-refractivity contribution in [1.82, 2.24) is 0 Å². The van der Waals surface area contributed by atoms with Gasteiger partial charge in [-0.1, -0.05) is 0 Å². The van der Waals surface area contributed by atoms with Crippen molar-refractivity contribution >= 4 is 68.4 Å². The van der Waals surface area contributed by atoms with Crippen LogP contribution in [0, 0.1) is 3.57 Å². The molecule has 0 atom stereocenters. The molecule has 1 aromatic carbocycles. The summed E-state index contributed by atoms with van der Waals surface area (Å²) in [6.45, 7) is 0. The summed E-state index contributed by atoms with van der Waals surface area (Å²) >= 11 is 10.4. The minimum absolute atomic E-state index is 1.08. The Bertz CT molecular complexity index is 408. The number of benzene rings is 1. The highest BCUT2D eigenvalue weighted by Crippen LogP contribution is 2.37. The van der Waals surface area contributed by atoms with E-state index in [1.165, 1.54) is 17.9 Å². The lowest BCUT2D eigenvalue weighted by Gasteiger charge is -1.95. The van der Waals surface area contributed by atoms with Gasteiger partial charge < -0.3 is 0 Å². The van der Waals surface area contributed by atoms with Crippen molar-refractivity contribution < 1.29 is 0 Å². The summed E-state index contributed by atoms with van der Waals surface area (Å²) in [5.41, 5.74) is 0. The monoisotopic (exact) mass is 338 g/mol. The minimum atomic E-state index is 1.08. The smallest absolute Gasteiger partial charge is 0.0609 e. The zero-order chi connectivity index (χ0) is 9.42. The van der Waals surface area contributed by atoms with Crippen LogP contribution in [0.3, 0.4) is 0 Å². The highest BCUT2D eigenvalue weighted by molar-refractivity contribution is 14.1. The number of thiophene rings is 1. The number of fused-ring (bicyclic) bond motifs is 1. The molecule has 68 valence electrons. The molecule has 0 amide bonds. The third kappa shape index (κ3) is 1.86. The van der Waals surface area contributed by atoms with E-state index in [1.54, 1.807) is 11.8 Å². The Labute approximate surface area is 105 Å². The quantitative estimate of drug-likeness (QED) is 0.453. The molecule has 0 aliphatic carbocycles. The molecule has 13 heavy (non-hydrogen) atoms. The van der Waals surface area contributed by atoms with E-state index in [2.05, 4.69) is 59.7 Å². The molecule has 0 fully saturated rings. The number of rotatable bonds is 1. The Balaban J connectivity index is 2.80. The van der Waals surface area contributed by atoms with E-state index in [0.717, 1.165) is 4.90 Å². The van der Waals surface area contributed by atoms with E-state index in [9.17, 15) is 0 Å². The van der Waals surface area contributed by atoms with Gasteiger partial charge in [0.2, 0.25) is 0 Å². The molecule has 0 bridgehead atoms. The Hall–Kier alpha value is 0.610. The molecular formula is C9H7IS3. The van der Waals surface area contributed by atoms with Gasteiger partial charge in [0.1, 0.15) is 0 Å². The standard InChI is InChI=1S/C9H7IS3/c1-12-8-4-5-6(10)2-3-7(11)9(5)13-8/h2-4,11H,1H3. The molecule has 1 heterocycles. The van der Waals surface area contributed by atoms with Crippen LogP contribution in [0.2, 0.25) is 0 Å². The molecule has 0 saturated carbocycles. The number of thiol groups is 1. The Morgan fingerprint density at radius 2 is 2.23 bits per heavy atom.